The maximum Gasteiger partial charge on any atom is 0.178 e. The Hall–Kier alpha value is -1.36. The van der Waals surface area contributed by atoms with Crippen LogP contribution in [0.5, 0.6) is 0 Å². The number of aliphatic hydroxyl groups excluding tert-OH is 4. The van der Waals surface area contributed by atoms with Gasteiger partial charge in [-0.3, -0.25) is 0 Å². The molecule has 5 N–H and O–H groups in total. The van der Waals surface area contributed by atoms with E-state index in [1.54, 1.807) is 12.1 Å². The van der Waals surface area contributed by atoms with E-state index in [2.05, 4.69) is 31.2 Å². The first-order valence-electron chi connectivity index (χ1n) is 6.98. The van der Waals surface area contributed by atoms with Crippen LogP contribution in [0.4, 0.5) is 5.82 Å². The summed E-state index contributed by atoms with van der Waals surface area (Å²) in [6.07, 6.45) is -3.78. The SMILES string of the molecule is OC[C@H]1OC(O)C(Nc2ncnc3ccc(Br)cc23)[C@@H](O)C1O. The van der Waals surface area contributed by atoms with Crippen molar-refractivity contribution in [2.45, 2.75) is 30.6 Å². The number of halogens is 1. The molecule has 5 atom stereocenters. The van der Waals surface area contributed by atoms with Crippen LogP contribution in [0.25, 0.3) is 10.9 Å². The van der Waals surface area contributed by atoms with Crippen molar-refractivity contribution in [3.8, 4) is 0 Å². The number of hydrogen-bond acceptors (Lipinski definition) is 8. The first-order chi connectivity index (χ1) is 11.0. The molecule has 3 rings (SSSR count). The van der Waals surface area contributed by atoms with Gasteiger partial charge in [-0.1, -0.05) is 15.9 Å². The molecule has 3 unspecified atom stereocenters. The molecule has 1 aliphatic heterocycles. The summed E-state index contributed by atoms with van der Waals surface area (Å²) < 4.78 is 5.94. The zero-order valence-electron chi connectivity index (χ0n) is 11.9. The van der Waals surface area contributed by atoms with Crippen molar-refractivity contribution < 1.29 is 25.2 Å². The standard InChI is InChI=1S/C14H16BrN3O5/c15-6-1-2-8-7(3-6)13(17-5-16-8)18-10-12(21)11(20)9(4-19)23-14(10)22/h1-3,5,9-12,14,19-22H,4H2,(H,16,17,18)/t9-,10?,11?,12-,14?/m1/s1. The number of aromatic nitrogens is 2. The molecule has 9 heteroatoms. The Kier molecular flexibility index (Phi) is 4.76. The second kappa shape index (κ2) is 6.63. The number of aliphatic hydroxyl groups is 4. The molecule has 8 nitrogen and oxygen atoms in total. The number of fused-ring (bicyclic) bond motifs is 1. The topological polar surface area (TPSA) is 128 Å². The molecule has 0 bridgehead atoms. The van der Waals surface area contributed by atoms with E-state index >= 15 is 0 Å². The summed E-state index contributed by atoms with van der Waals surface area (Å²) in [5.74, 6) is 0.387. The maximum absolute atomic E-state index is 10.2. The van der Waals surface area contributed by atoms with Crippen LogP contribution < -0.4 is 5.32 Å². The number of hydrogen-bond donors (Lipinski definition) is 5. The molecule has 0 saturated carbocycles. The second-order valence-electron chi connectivity index (χ2n) is 5.28. The minimum Gasteiger partial charge on any atom is -0.394 e. The molecule has 23 heavy (non-hydrogen) atoms. The second-order valence-corrected chi connectivity index (χ2v) is 6.20. The minimum absolute atomic E-state index is 0.387. The van der Waals surface area contributed by atoms with Gasteiger partial charge in [0.25, 0.3) is 0 Å². The van der Waals surface area contributed by atoms with Crippen LogP contribution in [0, 0.1) is 0 Å². The molecule has 1 aliphatic rings. The number of benzene rings is 1. The Balaban J connectivity index is 1.91. The molecule has 0 radical (unpaired) electrons. The van der Waals surface area contributed by atoms with Crippen molar-refractivity contribution in [1.82, 2.24) is 9.97 Å². The number of nitrogens with zero attached hydrogens (tertiary/aromatic N) is 2. The van der Waals surface area contributed by atoms with Gasteiger partial charge >= 0.3 is 0 Å². The molecule has 1 fully saturated rings. The van der Waals surface area contributed by atoms with Crippen molar-refractivity contribution in [1.29, 1.82) is 0 Å². The lowest BCUT2D eigenvalue weighted by Gasteiger charge is -2.40. The van der Waals surface area contributed by atoms with Gasteiger partial charge in [-0.05, 0) is 18.2 Å². The van der Waals surface area contributed by atoms with Gasteiger partial charge in [0.05, 0.1) is 12.1 Å². The van der Waals surface area contributed by atoms with Crippen LogP contribution in [0.1, 0.15) is 0 Å². The molecule has 0 amide bonds. The van der Waals surface area contributed by atoms with E-state index in [-0.39, 0.29) is 0 Å². The molecule has 2 aromatic rings. The third kappa shape index (κ3) is 3.16. The van der Waals surface area contributed by atoms with Crippen molar-refractivity contribution in [3.05, 3.63) is 29.0 Å². The van der Waals surface area contributed by atoms with Gasteiger partial charge in [0, 0.05) is 9.86 Å². The summed E-state index contributed by atoms with van der Waals surface area (Å²) >= 11 is 3.37. The van der Waals surface area contributed by atoms with Crippen LogP contribution in [0.15, 0.2) is 29.0 Å². The summed E-state index contributed by atoms with van der Waals surface area (Å²) in [5, 5.41) is 42.8. The molecule has 1 aromatic carbocycles. The molecule has 2 heterocycles. The predicted octanol–water partition coefficient (Wildman–Crippen LogP) is -0.396. The molecule has 1 saturated heterocycles. The van der Waals surface area contributed by atoms with E-state index in [4.69, 9.17) is 9.84 Å². The highest BCUT2D eigenvalue weighted by molar-refractivity contribution is 9.10. The minimum atomic E-state index is -1.41. The van der Waals surface area contributed by atoms with E-state index in [9.17, 15) is 15.3 Å². The van der Waals surface area contributed by atoms with E-state index in [1.807, 2.05) is 6.07 Å². The summed E-state index contributed by atoms with van der Waals surface area (Å²) in [6.45, 7) is -0.509. The largest absolute Gasteiger partial charge is 0.394 e. The van der Waals surface area contributed by atoms with Gasteiger partial charge in [0.2, 0.25) is 0 Å². The first-order valence-corrected chi connectivity index (χ1v) is 7.78. The van der Waals surface area contributed by atoms with E-state index in [0.29, 0.717) is 16.7 Å². The van der Waals surface area contributed by atoms with Crippen molar-refractivity contribution in [2.24, 2.45) is 0 Å². The van der Waals surface area contributed by atoms with Gasteiger partial charge in [-0.15, -0.1) is 0 Å². The Labute approximate surface area is 139 Å². The quantitative estimate of drug-likeness (QED) is 0.483. The lowest BCUT2D eigenvalue weighted by molar-refractivity contribution is -0.245. The third-order valence-corrected chi connectivity index (χ3v) is 4.29. The number of rotatable bonds is 3. The average molecular weight is 386 g/mol. The van der Waals surface area contributed by atoms with E-state index in [0.717, 1.165) is 4.47 Å². The zero-order valence-corrected chi connectivity index (χ0v) is 13.5. The smallest absolute Gasteiger partial charge is 0.178 e. The summed E-state index contributed by atoms with van der Waals surface area (Å²) in [6, 6.07) is 4.42. The molecule has 1 aromatic heterocycles. The first kappa shape index (κ1) is 16.5. The van der Waals surface area contributed by atoms with Gasteiger partial charge in [-0.2, -0.15) is 0 Å². The average Bonchev–Trinajstić information content (AvgIpc) is 2.55. The van der Waals surface area contributed by atoms with Crippen molar-refractivity contribution in [2.75, 3.05) is 11.9 Å². The van der Waals surface area contributed by atoms with Crippen LogP contribution in [-0.2, 0) is 4.74 Å². The fraction of sp³-hybridized carbons (Fsp3) is 0.429. The van der Waals surface area contributed by atoms with Gasteiger partial charge in [-0.25, -0.2) is 9.97 Å². The molecule has 0 aliphatic carbocycles. The lowest BCUT2D eigenvalue weighted by Crippen LogP contribution is -2.61. The lowest BCUT2D eigenvalue weighted by atomic mass is 9.97. The highest BCUT2D eigenvalue weighted by atomic mass is 79.9. The third-order valence-electron chi connectivity index (χ3n) is 3.80. The molecule has 0 spiro atoms. The van der Waals surface area contributed by atoms with Gasteiger partial charge in [0.1, 0.15) is 36.5 Å². The van der Waals surface area contributed by atoms with Gasteiger partial charge < -0.3 is 30.5 Å². The monoisotopic (exact) mass is 385 g/mol. The molecule has 124 valence electrons. The van der Waals surface area contributed by atoms with E-state index < -0.39 is 37.3 Å². The summed E-state index contributed by atoms with van der Waals surface area (Å²) in [4.78, 5) is 8.27. The van der Waals surface area contributed by atoms with E-state index in [1.165, 1.54) is 6.33 Å². The molecular formula is C14H16BrN3O5. The number of ether oxygens (including phenoxy) is 1. The van der Waals surface area contributed by atoms with Crippen LogP contribution in [0.3, 0.4) is 0 Å². The maximum atomic E-state index is 10.2. The number of anilines is 1. The fourth-order valence-electron chi connectivity index (χ4n) is 2.55. The predicted molar refractivity (Wildman–Crippen MR) is 84.6 cm³/mol. The number of nitrogens with one attached hydrogen (secondary N) is 1. The molecular weight excluding hydrogens is 370 g/mol. The Morgan fingerprint density at radius 1 is 1.17 bits per heavy atom. The Morgan fingerprint density at radius 2 is 1.96 bits per heavy atom. The van der Waals surface area contributed by atoms with Crippen molar-refractivity contribution in [3.63, 3.8) is 0 Å². The Morgan fingerprint density at radius 3 is 2.70 bits per heavy atom. The Bertz CT molecular complexity index is 703. The van der Waals surface area contributed by atoms with Crippen LogP contribution in [-0.4, -0.2) is 67.6 Å². The summed E-state index contributed by atoms with van der Waals surface area (Å²) in [5.41, 5.74) is 0.681. The fourth-order valence-corrected chi connectivity index (χ4v) is 2.92. The van der Waals surface area contributed by atoms with Gasteiger partial charge in [0.15, 0.2) is 6.29 Å². The van der Waals surface area contributed by atoms with Crippen LogP contribution >= 0.6 is 15.9 Å². The van der Waals surface area contributed by atoms with Crippen molar-refractivity contribution >= 4 is 32.7 Å². The highest BCUT2D eigenvalue weighted by Crippen LogP contribution is 2.27. The normalized spacial score (nSPS) is 31.3. The zero-order chi connectivity index (χ0) is 16.6. The van der Waals surface area contributed by atoms with Crippen LogP contribution in [0.2, 0.25) is 0 Å². The summed E-state index contributed by atoms with van der Waals surface area (Å²) in [7, 11) is 0. The highest BCUT2D eigenvalue weighted by Gasteiger charge is 2.43.